The van der Waals surface area contributed by atoms with E-state index in [2.05, 4.69) is 75.3 Å². The van der Waals surface area contributed by atoms with E-state index in [4.69, 9.17) is 0 Å². The Morgan fingerprint density at radius 1 is 1.00 bits per heavy atom. The van der Waals surface area contributed by atoms with Gasteiger partial charge < -0.3 is 5.32 Å². The summed E-state index contributed by atoms with van der Waals surface area (Å²) in [6.07, 6.45) is 3.68. The smallest absolute Gasteiger partial charge is 0.0633 e. The zero-order valence-corrected chi connectivity index (χ0v) is 15.7. The summed E-state index contributed by atoms with van der Waals surface area (Å²) in [6.45, 7) is 4.42. The van der Waals surface area contributed by atoms with Gasteiger partial charge in [0.2, 0.25) is 0 Å². The fourth-order valence-corrected chi connectivity index (χ4v) is 3.52. The molecule has 3 heteroatoms. The van der Waals surface area contributed by atoms with Crippen molar-refractivity contribution in [3.8, 4) is 0 Å². The summed E-state index contributed by atoms with van der Waals surface area (Å²) in [4.78, 5) is 0. The molecule has 2 rings (SSSR count). The normalized spacial score (nSPS) is 12.2. The molecule has 0 aromatic heterocycles. The number of hydrogen-bond donors (Lipinski definition) is 1. The number of hydrogen-bond acceptors (Lipinski definition) is 1. The van der Waals surface area contributed by atoms with Crippen molar-refractivity contribution in [2.24, 2.45) is 0 Å². The maximum absolute atomic E-state index is 3.60. The van der Waals surface area contributed by atoms with E-state index >= 15 is 0 Å². The molecule has 0 aliphatic carbocycles. The van der Waals surface area contributed by atoms with Crippen molar-refractivity contribution in [3.05, 3.63) is 62.5 Å². The van der Waals surface area contributed by atoms with Gasteiger partial charge in [0.05, 0.1) is 5.69 Å². The Kier molecular flexibility index (Phi) is 6.31. The first kappa shape index (κ1) is 16.6. The third kappa shape index (κ3) is 4.58. The SMILES string of the molecule is CCCCc1ccc(C(C)Nc2c(Br)cccc2Br)cc1. The van der Waals surface area contributed by atoms with E-state index in [0.717, 1.165) is 14.6 Å². The summed E-state index contributed by atoms with van der Waals surface area (Å²) in [6, 6.07) is 15.3. The van der Waals surface area contributed by atoms with E-state index in [-0.39, 0.29) is 6.04 Å². The standard InChI is InChI=1S/C18H21Br2N/c1-3-4-6-14-9-11-15(12-10-14)13(2)21-18-16(19)7-5-8-17(18)20/h5,7-13,21H,3-4,6H2,1-2H3. The van der Waals surface area contributed by atoms with Gasteiger partial charge in [-0.15, -0.1) is 0 Å². The number of halogens is 2. The van der Waals surface area contributed by atoms with Crippen molar-refractivity contribution in [2.45, 2.75) is 39.2 Å². The Bertz CT molecular complexity index is 558. The molecule has 1 N–H and O–H groups in total. The van der Waals surface area contributed by atoms with Crippen LogP contribution in [0.4, 0.5) is 5.69 Å². The number of nitrogens with one attached hydrogen (secondary N) is 1. The van der Waals surface area contributed by atoms with Crippen molar-refractivity contribution in [2.75, 3.05) is 5.32 Å². The molecule has 0 fully saturated rings. The fraction of sp³-hybridized carbons (Fsp3) is 0.333. The summed E-state index contributed by atoms with van der Waals surface area (Å²) in [5.74, 6) is 0. The lowest BCUT2D eigenvalue weighted by molar-refractivity contribution is 0.793. The van der Waals surface area contributed by atoms with Crippen LogP contribution < -0.4 is 5.32 Å². The molecule has 1 unspecified atom stereocenters. The molecule has 0 saturated carbocycles. The van der Waals surface area contributed by atoms with E-state index in [1.54, 1.807) is 0 Å². The molecular weight excluding hydrogens is 390 g/mol. The summed E-state index contributed by atoms with van der Waals surface area (Å²) in [5.41, 5.74) is 3.83. The van der Waals surface area contributed by atoms with Crippen molar-refractivity contribution >= 4 is 37.5 Å². The van der Waals surface area contributed by atoms with Gasteiger partial charge in [-0.1, -0.05) is 43.7 Å². The van der Waals surface area contributed by atoms with Crippen LogP contribution in [0.1, 0.15) is 43.9 Å². The summed E-state index contributed by atoms with van der Waals surface area (Å²) >= 11 is 7.19. The molecule has 21 heavy (non-hydrogen) atoms. The van der Waals surface area contributed by atoms with Crippen LogP contribution in [0.5, 0.6) is 0 Å². The Hall–Kier alpha value is -0.800. The van der Waals surface area contributed by atoms with Gasteiger partial charge in [-0.25, -0.2) is 0 Å². The number of rotatable bonds is 6. The van der Waals surface area contributed by atoms with E-state index in [1.807, 2.05) is 18.2 Å². The third-order valence-electron chi connectivity index (χ3n) is 3.62. The average molecular weight is 411 g/mol. The Labute approximate surface area is 144 Å². The Morgan fingerprint density at radius 3 is 2.19 bits per heavy atom. The Balaban J connectivity index is 2.08. The van der Waals surface area contributed by atoms with Gasteiger partial charge in [0.1, 0.15) is 0 Å². The molecule has 2 aromatic carbocycles. The summed E-state index contributed by atoms with van der Waals surface area (Å²) in [7, 11) is 0. The highest BCUT2D eigenvalue weighted by Crippen LogP contribution is 2.33. The van der Waals surface area contributed by atoms with E-state index in [9.17, 15) is 0 Å². The zero-order chi connectivity index (χ0) is 15.2. The van der Waals surface area contributed by atoms with Crippen LogP contribution in [0.15, 0.2) is 51.4 Å². The second kappa shape index (κ2) is 8.00. The molecule has 1 nitrogen and oxygen atoms in total. The van der Waals surface area contributed by atoms with Crippen LogP contribution in [0.3, 0.4) is 0 Å². The zero-order valence-electron chi connectivity index (χ0n) is 12.5. The largest absolute Gasteiger partial charge is 0.377 e. The molecule has 0 aliphatic heterocycles. The number of anilines is 1. The van der Waals surface area contributed by atoms with Crippen molar-refractivity contribution in [3.63, 3.8) is 0 Å². The molecule has 1 atom stereocenters. The molecule has 0 aliphatic rings. The van der Waals surface area contributed by atoms with Crippen LogP contribution in [-0.2, 0) is 6.42 Å². The van der Waals surface area contributed by atoms with Gasteiger partial charge >= 0.3 is 0 Å². The van der Waals surface area contributed by atoms with E-state index < -0.39 is 0 Å². The van der Waals surface area contributed by atoms with Crippen molar-refractivity contribution in [1.82, 2.24) is 0 Å². The Morgan fingerprint density at radius 2 is 1.62 bits per heavy atom. The molecule has 112 valence electrons. The minimum Gasteiger partial charge on any atom is -0.377 e. The van der Waals surface area contributed by atoms with E-state index in [0.29, 0.717) is 0 Å². The molecule has 0 spiro atoms. The first-order valence-electron chi connectivity index (χ1n) is 7.41. The van der Waals surface area contributed by atoms with Crippen LogP contribution in [0.2, 0.25) is 0 Å². The lowest BCUT2D eigenvalue weighted by Gasteiger charge is -2.18. The first-order chi connectivity index (χ1) is 10.1. The van der Waals surface area contributed by atoms with Gasteiger partial charge in [-0.05, 0) is 74.9 Å². The quantitative estimate of drug-likeness (QED) is 0.556. The second-order valence-corrected chi connectivity index (χ2v) is 7.02. The number of unbranched alkanes of at least 4 members (excludes halogenated alkanes) is 1. The third-order valence-corrected chi connectivity index (χ3v) is 4.94. The molecule has 2 aromatic rings. The molecule has 0 heterocycles. The van der Waals surface area contributed by atoms with Gasteiger partial charge in [0, 0.05) is 15.0 Å². The minimum absolute atomic E-state index is 0.264. The predicted molar refractivity (Wildman–Crippen MR) is 98.9 cm³/mol. The molecule has 0 amide bonds. The van der Waals surface area contributed by atoms with Crippen LogP contribution in [0, 0.1) is 0 Å². The van der Waals surface area contributed by atoms with Gasteiger partial charge in [0.15, 0.2) is 0 Å². The average Bonchev–Trinajstić information content (AvgIpc) is 2.49. The van der Waals surface area contributed by atoms with Crippen LogP contribution in [-0.4, -0.2) is 0 Å². The first-order valence-corrected chi connectivity index (χ1v) is 8.99. The predicted octanol–water partition coefficient (Wildman–Crippen LogP) is 6.73. The van der Waals surface area contributed by atoms with Crippen LogP contribution in [0.25, 0.3) is 0 Å². The maximum atomic E-state index is 3.60. The summed E-state index contributed by atoms with van der Waals surface area (Å²) < 4.78 is 2.14. The number of aryl methyl sites for hydroxylation is 1. The second-order valence-electron chi connectivity index (χ2n) is 5.31. The highest BCUT2D eigenvalue weighted by molar-refractivity contribution is 9.11. The topological polar surface area (TPSA) is 12.0 Å². The monoisotopic (exact) mass is 409 g/mol. The molecule has 0 saturated heterocycles. The molecule has 0 radical (unpaired) electrons. The van der Waals surface area contributed by atoms with Crippen molar-refractivity contribution < 1.29 is 0 Å². The lowest BCUT2D eigenvalue weighted by Crippen LogP contribution is -2.07. The molecular formula is C18H21Br2N. The lowest BCUT2D eigenvalue weighted by atomic mass is 10.0. The van der Waals surface area contributed by atoms with Gasteiger partial charge in [-0.3, -0.25) is 0 Å². The van der Waals surface area contributed by atoms with Gasteiger partial charge in [0.25, 0.3) is 0 Å². The minimum atomic E-state index is 0.264. The van der Waals surface area contributed by atoms with Crippen molar-refractivity contribution in [1.29, 1.82) is 0 Å². The van der Waals surface area contributed by atoms with Crippen LogP contribution >= 0.6 is 31.9 Å². The molecule has 0 bridgehead atoms. The summed E-state index contributed by atoms with van der Waals surface area (Å²) in [5, 5.41) is 3.56. The highest BCUT2D eigenvalue weighted by Gasteiger charge is 2.10. The maximum Gasteiger partial charge on any atom is 0.0633 e. The highest BCUT2D eigenvalue weighted by atomic mass is 79.9. The number of benzene rings is 2. The van der Waals surface area contributed by atoms with Gasteiger partial charge in [-0.2, -0.15) is 0 Å². The number of para-hydroxylation sites is 1. The van der Waals surface area contributed by atoms with E-state index in [1.165, 1.54) is 30.4 Å². The fourth-order valence-electron chi connectivity index (χ4n) is 2.29.